The Morgan fingerprint density at radius 1 is 0.933 bits per heavy atom. The number of hydrogen-bond acceptors (Lipinski definition) is 4. The Labute approximate surface area is 189 Å². The van der Waals surface area contributed by atoms with Gasteiger partial charge in [0.2, 0.25) is 0 Å². The fourth-order valence-electron chi connectivity index (χ4n) is 2.50. The number of amides is 1. The van der Waals surface area contributed by atoms with Crippen molar-refractivity contribution in [1.29, 1.82) is 0 Å². The first-order chi connectivity index (χ1) is 14.5. The smallest absolute Gasteiger partial charge is 0.259 e. The van der Waals surface area contributed by atoms with Crippen molar-refractivity contribution in [1.82, 2.24) is 5.43 Å². The molecule has 0 heterocycles. The quantitative estimate of drug-likeness (QED) is 0.329. The van der Waals surface area contributed by atoms with E-state index >= 15 is 0 Å². The van der Waals surface area contributed by atoms with Crippen molar-refractivity contribution in [3.05, 3.63) is 92.9 Å². The summed E-state index contributed by atoms with van der Waals surface area (Å²) in [5.41, 5.74) is 4.82. The fourth-order valence-corrected chi connectivity index (χ4v) is 3.02. The zero-order valence-corrected chi connectivity index (χ0v) is 18.0. The van der Waals surface area contributed by atoms with Crippen LogP contribution in [0.5, 0.6) is 5.75 Å². The monoisotopic (exact) mass is 461 g/mol. The molecule has 0 aliphatic rings. The van der Waals surface area contributed by atoms with Crippen molar-refractivity contribution >= 4 is 52.6 Å². The van der Waals surface area contributed by atoms with E-state index in [9.17, 15) is 4.79 Å². The maximum atomic E-state index is 12.0. The summed E-state index contributed by atoms with van der Waals surface area (Å²) in [5.74, 6) is 0.279. The van der Waals surface area contributed by atoms with Gasteiger partial charge in [-0.25, -0.2) is 5.43 Å². The predicted molar refractivity (Wildman–Crippen MR) is 123 cm³/mol. The number of benzene rings is 3. The molecule has 3 aromatic carbocycles. The van der Waals surface area contributed by atoms with Gasteiger partial charge in [-0.3, -0.25) is 4.79 Å². The largest absolute Gasteiger partial charge is 0.488 e. The molecule has 0 radical (unpaired) electrons. The van der Waals surface area contributed by atoms with Crippen LogP contribution in [0.4, 0.5) is 5.69 Å². The van der Waals surface area contributed by atoms with Gasteiger partial charge in [-0.05, 0) is 60.2 Å². The minimum absolute atomic E-state index is 0.0621. The van der Waals surface area contributed by atoms with Gasteiger partial charge in [0.15, 0.2) is 0 Å². The van der Waals surface area contributed by atoms with Gasteiger partial charge < -0.3 is 10.1 Å². The van der Waals surface area contributed by atoms with Gasteiger partial charge in [-0.1, -0.05) is 46.9 Å². The number of rotatable bonds is 8. The van der Waals surface area contributed by atoms with Crippen LogP contribution in [0.15, 0.2) is 71.8 Å². The fraction of sp³-hybridized carbons (Fsp3) is 0.0909. The zero-order chi connectivity index (χ0) is 21.3. The first kappa shape index (κ1) is 22.0. The second-order valence-electron chi connectivity index (χ2n) is 6.25. The highest BCUT2D eigenvalue weighted by Gasteiger charge is 2.05. The van der Waals surface area contributed by atoms with Crippen LogP contribution >= 0.6 is 34.8 Å². The van der Waals surface area contributed by atoms with Crippen LogP contribution in [-0.4, -0.2) is 18.7 Å². The van der Waals surface area contributed by atoms with Crippen molar-refractivity contribution < 1.29 is 9.53 Å². The van der Waals surface area contributed by atoms with E-state index in [-0.39, 0.29) is 12.5 Å². The van der Waals surface area contributed by atoms with Gasteiger partial charge in [-0.15, -0.1) is 0 Å². The van der Waals surface area contributed by atoms with Crippen molar-refractivity contribution in [2.75, 3.05) is 11.9 Å². The SMILES string of the molecule is O=C(CNc1ccc(Cl)cc1)N/N=C\c1cc(Cl)ccc1OCc1cccc(Cl)c1. The Kier molecular flexibility index (Phi) is 7.97. The minimum Gasteiger partial charge on any atom is -0.488 e. The number of halogens is 3. The standard InChI is InChI=1S/C22H18Cl3N3O2/c23-17-4-7-20(8-5-17)26-13-22(29)28-27-12-16-11-19(25)6-9-21(16)30-14-15-2-1-3-18(24)10-15/h1-12,26H,13-14H2,(H,28,29)/b27-12-. The van der Waals surface area contributed by atoms with E-state index in [1.807, 2.05) is 18.2 Å². The summed E-state index contributed by atoms with van der Waals surface area (Å²) >= 11 is 17.9. The average molecular weight is 463 g/mol. The Morgan fingerprint density at radius 2 is 1.67 bits per heavy atom. The van der Waals surface area contributed by atoms with Gasteiger partial charge in [0.05, 0.1) is 12.8 Å². The summed E-state index contributed by atoms with van der Waals surface area (Å²) in [6.07, 6.45) is 1.49. The molecular weight excluding hydrogens is 445 g/mol. The highest BCUT2D eigenvalue weighted by Crippen LogP contribution is 2.23. The second-order valence-corrected chi connectivity index (χ2v) is 7.56. The third kappa shape index (κ3) is 6.95. The number of nitrogens with zero attached hydrogens (tertiary/aromatic N) is 1. The number of carbonyl (C=O) groups excluding carboxylic acids is 1. The second kappa shape index (κ2) is 10.9. The highest BCUT2D eigenvalue weighted by molar-refractivity contribution is 6.31. The molecule has 0 unspecified atom stereocenters. The molecule has 0 bridgehead atoms. The molecule has 0 aromatic heterocycles. The molecule has 154 valence electrons. The molecule has 0 aliphatic carbocycles. The first-order valence-electron chi connectivity index (χ1n) is 8.98. The van der Waals surface area contributed by atoms with Crippen molar-refractivity contribution in [2.24, 2.45) is 5.10 Å². The molecule has 0 saturated carbocycles. The number of hydrazone groups is 1. The number of nitrogens with one attached hydrogen (secondary N) is 2. The molecule has 8 heteroatoms. The first-order valence-corrected chi connectivity index (χ1v) is 10.1. The highest BCUT2D eigenvalue weighted by atomic mass is 35.5. The molecule has 0 atom stereocenters. The maximum absolute atomic E-state index is 12.0. The lowest BCUT2D eigenvalue weighted by Gasteiger charge is -2.10. The lowest BCUT2D eigenvalue weighted by molar-refractivity contribution is -0.119. The summed E-state index contributed by atoms with van der Waals surface area (Å²) in [7, 11) is 0. The topological polar surface area (TPSA) is 62.7 Å². The van der Waals surface area contributed by atoms with E-state index in [4.69, 9.17) is 39.5 Å². The van der Waals surface area contributed by atoms with Gasteiger partial charge in [0, 0.05) is 26.3 Å². The summed E-state index contributed by atoms with van der Waals surface area (Å²) in [5, 5.41) is 8.78. The molecular formula is C22H18Cl3N3O2. The lowest BCUT2D eigenvalue weighted by Crippen LogP contribution is -2.25. The molecule has 3 aromatic rings. The van der Waals surface area contributed by atoms with Crippen molar-refractivity contribution in [2.45, 2.75) is 6.61 Å². The van der Waals surface area contributed by atoms with Crippen molar-refractivity contribution in [3.63, 3.8) is 0 Å². The third-order valence-corrected chi connectivity index (χ3v) is 4.67. The van der Waals surface area contributed by atoms with E-state index in [0.29, 0.717) is 33.0 Å². The zero-order valence-electron chi connectivity index (χ0n) is 15.7. The van der Waals surface area contributed by atoms with E-state index < -0.39 is 0 Å². The molecule has 0 saturated heterocycles. The van der Waals surface area contributed by atoms with E-state index in [1.165, 1.54) is 6.21 Å². The van der Waals surface area contributed by atoms with Crippen LogP contribution in [0.2, 0.25) is 15.1 Å². The minimum atomic E-state index is -0.301. The normalized spacial score (nSPS) is 10.8. The van der Waals surface area contributed by atoms with E-state index in [2.05, 4.69) is 15.8 Å². The van der Waals surface area contributed by atoms with Crippen LogP contribution in [0.1, 0.15) is 11.1 Å². The van der Waals surface area contributed by atoms with Gasteiger partial charge in [0.1, 0.15) is 12.4 Å². The van der Waals surface area contributed by atoms with Gasteiger partial charge in [-0.2, -0.15) is 5.10 Å². The summed E-state index contributed by atoms with van der Waals surface area (Å²) in [4.78, 5) is 12.0. The van der Waals surface area contributed by atoms with E-state index in [0.717, 1.165) is 11.3 Å². The van der Waals surface area contributed by atoms with Crippen LogP contribution in [-0.2, 0) is 11.4 Å². The van der Waals surface area contributed by atoms with Gasteiger partial charge in [0.25, 0.3) is 5.91 Å². The molecule has 3 rings (SSSR count). The summed E-state index contributed by atoms with van der Waals surface area (Å²) in [6.45, 7) is 0.396. The van der Waals surface area contributed by atoms with Crippen LogP contribution in [0, 0.1) is 0 Å². The molecule has 1 amide bonds. The molecule has 5 nitrogen and oxygen atoms in total. The van der Waals surface area contributed by atoms with Crippen LogP contribution in [0.3, 0.4) is 0 Å². The summed E-state index contributed by atoms with van der Waals surface area (Å²) < 4.78 is 5.86. The number of ether oxygens (including phenoxy) is 1. The molecule has 2 N–H and O–H groups in total. The number of hydrogen-bond donors (Lipinski definition) is 2. The van der Waals surface area contributed by atoms with Gasteiger partial charge >= 0.3 is 0 Å². The number of anilines is 1. The maximum Gasteiger partial charge on any atom is 0.259 e. The Hall–Kier alpha value is -2.73. The Morgan fingerprint density at radius 3 is 2.43 bits per heavy atom. The lowest BCUT2D eigenvalue weighted by atomic mass is 10.2. The average Bonchev–Trinajstić information content (AvgIpc) is 2.73. The van der Waals surface area contributed by atoms with E-state index in [1.54, 1.807) is 48.5 Å². The molecule has 0 fully saturated rings. The molecule has 0 spiro atoms. The number of carbonyl (C=O) groups is 1. The predicted octanol–water partition coefficient (Wildman–Crippen LogP) is 5.79. The van der Waals surface area contributed by atoms with Crippen molar-refractivity contribution in [3.8, 4) is 5.75 Å². The summed E-state index contributed by atoms with van der Waals surface area (Å²) in [6, 6.07) is 19.6. The Bertz CT molecular complexity index is 1040. The molecule has 30 heavy (non-hydrogen) atoms. The van der Waals surface area contributed by atoms with Crippen LogP contribution < -0.4 is 15.5 Å². The molecule has 0 aliphatic heterocycles. The van der Waals surface area contributed by atoms with Crippen LogP contribution in [0.25, 0.3) is 0 Å². The Balaban J connectivity index is 1.56. The third-order valence-electron chi connectivity index (χ3n) is 3.95.